The SMILES string of the molecule is CC(C)CN1CCC(O)(CC(C)C)C(N)C1. The third kappa shape index (κ3) is 3.72. The Kier molecular flexibility index (Phi) is 4.77. The maximum Gasteiger partial charge on any atom is 0.0825 e. The lowest BCUT2D eigenvalue weighted by Crippen LogP contribution is -2.60. The van der Waals surface area contributed by atoms with Crippen LogP contribution in [-0.4, -0.2) is 41.3 Å². The molecule has 2 atom stereocenters. The molecule has 0 amide bonds. The van der Waals surface area contributed by atoms with Crippen molar-refractivity contribution in [2.75, 3.05) is 19.6 Å². The Morgan fingerprint density at radius 2 is 1.94 bits per heavy atom. The van der Waals surface area contributed by atoms with E-state index < -0.39 is 5.60 Å². The Balaban J connectivity index is 2.51. The van der Waals surface area contributed by atoms with E-state index in [1.165, 1.54) is 0 Å². The zero-order valence-corrected chi connectivity index (χ0v) is 11.2. The second-order valence-corrected chi connectivity index (χ2v) is 6.21. The third-order valence-corrected chi connectivity index (χ3v) is 3.39. The van der Waals surface area contributed by atoms with Crippen molar-refractivity contribution in [3.05, 3.63) is 0 Å². The lowest BCUT2D eigenvalue weighted by molar-refractivity contribution is -0.0544. The van der Waals surface area contributed by atoms with Gasteiger partial charge < -0.3 is 15.7 Å². The molecule has 0 aromatic heterocycles. The van der Waals surface area contributed by atoms with Crippen LogP contribution in [0.3, 0.4) is 0 Å². The van der Waals surface area contributed by atoms with Gasteiger partial charge in [-0.2, -0.15) is 0 Å². The molecule has 0 aromatic carbocycles. The molecule has 1 aliphatic rings. The van der Waals surface area contributed by atoms with Crippen molar-refractivity contribution in [3.63, 3.8) is 0 Å². The van der Waals surface area contributed by atoms with E-state index >= 15 is 0 Å². The van der Waals surface area contributed by atoms with Crippen LogP contribution in [0.5, 0.6) is 0 Å². The Labute approximate surface area is 100 Å². The summed E-state index contributed by atoms with van der Waals surface area (Å²) in [7, 11) is 0. The summed E-state index contributed by atoms with van der Waals surface area (Å²) >= 11 is 0. The molecule has 1 saturated heterocycles. The maximum atomic E-state index is 10.5. The first kappa shape index (κ1) is 13.9. The second-order valence-electron chi connectivity index (χ2n) is 6.21. The number of rotatable bonds is 4. The summed E-state index contributed by atoms with van der Waals surface area (Å²) < 4.78 is 0. The molecule has 16 heavy (non-hydrogen) atoms. The van der Waals surface area contributed by atoms with E-state index in [0.29, 0.717) is 11.8 Å². The predicted molar refractivity (Wildman–Crippen MR) is 68.3 cm³/mol. The van der Waals surface area contributed by atoms with Gasteiger partial charge >= 0.3 is 0 Å². The summed E-state index contributed by atoms with van der Waals surface area (Å²) in [5.41, 5.74) is 5.50. The summed E-state index contributed by atoms with van der Waals surface area (Å²) in [6, 6.07) is -0.0950. The zero-order valence-electron chi connectivity index (χ0n) is 11.2. The third-order valence-electron chi connectivity index (χ3n) is 3.39. The number of piperidine rings is 1. The lowest BCUT2D eigenvalue weighted by Gasteiger charge is -2.44. The highest BCUT2D eigenvalue weighted by atomic mass is 16.3. The van der Waals surface area contributed by atoms with Gasteiger partial charge in [0, 0.05) is 25.7 Å². The molecule has 0 saturated carbocycles. The van der Waals surface area contributed by atoms with Gasteiger partial charge in [0.15, 0.2) is 0 Å². The van der Waals surface area contributed by atoms with Crippen LogP contribution >= 0.6 is 0 Å². The fraction of sp³-hybridized carbons (Fsp3) is 1.00. The van der Waals surface area contributed by atoms with Gasteiger partial charge in [-0.3, -0.25) is 0 Å². The van der Waals surface area contributed by atoms with Crippen LogP contribution in [0.25, 0.3) is 0 Å². The molecule has 1 rings (SSSR count). The Morgan fingerprint density at radius 3 is 2.38 bits per heavy atom. The van der Waals surface area contributed by atoms with Crippen LogP contribution in [-0.2, 0) is 0 Å². The van der Waals surface area contributed by atoms with E-state index in [4.69, 9.17) is 5.73 Å². The summed E-state index contributed by atoms with van der Waals surface area (Å²) in [5, 5.41) is 10.5. The fourth-order valence-electron chi connectivity index (χ4n) is 2.72. The molecule has 0 aliphatic carbocycles. The summed E-state index contributed by atoms with van der Waals surface area (Å²) in [5.74, 6) is 1.18. The number of nitrogens with zero attached hydrogens (tertiary/aromatic N) is 1. The van der Waals surface area contributed by atoms with Crippen molar-refractivity contribution in [1.82, 2.24) is 4.90 Å². The smallest absolute Gasteiger partial charge is 0.0825 e. The number of aliphatic hydroxyl groups is 1. The van der Waals surface area contributed by atoms with Crippen LogP contribution in [0, 0.1) is 11.8 Å². The van der Waals surface area contributed by atoms with Crippen molar-refractivity contribution in [3.8, 4) is 0 Å². The van der Waals surface area contributed by atoms with Crippen molar-refractivity contribution >= 4 is 0 Å². The van der Waals surface area contributed by atoms with E-state index in [0.717, 1.165) is 32.5 Å². The lowest BCUT2D eigenvalue weighted by atomic mass is 9.80. The molecule has 0 radical (unpaired) electrons. The monoisotopic (exact) mass is 228 g/mol. The van der Waals surface area contributed by atoms with Gasteiger partial charge in [-0.25, -0.2) is 0 Å². The molecule has 1 aliphatic heterocycles. The summed E-state index contributed by atoms with van der Waals surface area (Å²) in [4.78, 5) is 2.38. The fourth-order valence-corrected chi connectivity index (χ4v) is 2.72. The highest BCUT2D eigenvalue weighted by molar-refractivity contribution is 4.96. The minimum Gasteiger partial charge on any atom is -0.388 e. The first-order valence-electron chi connectivity index (χ1n) is 6.54. The average Bonchev–Trinajstić information content (AvgIpc) is 2.10. The molecule has 3 heteroatoms. The van der Waals surface area contributed by atoms with Crippen molar-refractivity contribution in [1.29, 1.82) is 0 Å². The van der Waals surface area contributed by atoms with Crippen molar-refractivity contribution < 1.29 is 5.11 Å². The van der Waals surface area contributed by atoms with Crippen LogP contribution in [0.2, 0.25) is 0 Å². The van der Waals surface area contributed by atoms with Gasteiger partial charge in [-0.05, 0) is 24.7 Å². The van der Waals surface area contributed by atoms with Crippen molar-refractivity contribution in [2.24, 2.45) is 17.6 Å². The molecule has 3 N–H and O–H groups in total. The second kappa shape index (κ2) is 5.48. The minimum atomic E-state index is -0.637. The normalized spacial score (nSPS) is 32.6. The van der Waals surface area contributed by atoms with Crippen LogP contribution < -0.4 is 5.73 Å². The van der Waals surface area contributed by atoms with Gasteiger partial charge in [0.2, 0.25) is 0 Å². The summed E-state index contributed by atoms with van der Waals surface area (Å²) in [6.07, 6.45) is 1.64. The Hall–Kier alpha value is -0.120. The van der Waals surface area contributed by atoms with Crippen LogP contribution in [0.4, 0.5) is 0 Å². The first-order valence-corrected chi connectivity index (χ1v) is 6.54. The van der Waals surface area contributed by atoms with Gasteiger partial charge in [-0.15, -0.1) is 0 Å². The maximum absolute atomic E-state index is 10.5. The molecular weight excluding hydrogens is 200 g/mol. The molecule has 0 aromatic rings. The first-order chi connectivity index (χ1) is 7.33. The number of likely N-dealkylation sites (tertiary alicyclic amines) is 1. The van der Waals surface area contributed by atoms with E-state index in [1.807, 2.05) is 0 Å². The number of nitrogens with two attached hydrogens (primary N) is 1. The van der Waals surface area contributed by atoms with Gasteiger partial charge in [0.25, 0.3) is 0 Å². The zero-order chi connectivity index (χ0) is 12.3. The molecular formula is C13H28N2O. The average molecular weight is 228 g/mol. The van der Waals surface area contributed by atoms with E-state index in [-0.39, 0.29) is 6.04 Å². The highest BCUT2D eigenvalue weighted by Gasteiger charge is 2.39. The van der Waals surface area contributed by atoms with E-state index in [9.17, 15) is 5.11 Å². The highest BCUT2D eigenvalue weighted by Crippen LogP contribution is 2.28. The Morgan fingerprint density at radius 1 is 1.31 bits per heavy atom. The predicted octanol–water partition coefficient (Wildman–Crippen LogP) is 1.45. The summed E-state index contributed by atoms with van der Waals surface area (Å²) in [6.45, 7) is 11.6. The van der Waals surface area contributed by atoms with Gasteiger partial charge in [0.1, 0.15) is 0 Å². The van der Waals surface area contributed by atoms with Gasteiger partial charge in [0.05, 0.1) is 5.60 Å². The minimum absolute atomic E-state index is 0.0950. The number of hydrogen-bond donors (Lipinski definition) is 2. The van der Waals surface area contributed by atoms with Gasteiger partial charge in [-0.1, -0.05) is 27.7 Å². The van der Waals surface area contributed by atoms with Crippen molar-refractivity contribution in [2.45, 2.75) is 52.2 Å². The van der Waals surface area contributed by atoms with Crippen LogP contribution in [0.1, 0.15) is 40.5 Å². The molecule has 0 bridgehead atoms. The topological polar surface area (TPSA) is 49.5 Å². The standard InChI is InChI=1S/C13H28N2O/c1-10(2)7-13(16)5-6-15(8-11(3)4)9-12(13)14/h10-12,16H,5-9,14H2,1-4H3. The molecule has 3 nitrogen and oxygen atoms in total. The molecule has 0 spiro atoms. The molecule has 2 unspecified atom stereocenters. The molecule has 1 fully saturated rings. The molecule has 1 heterocycles. The largest absolute Gasteiger partial charge is 0.388 e. The van der Waals surface area contributed by atoms with Crippen LogP contribution in [0.15, 0.2) is 0 Å². The van der Waals surface area contributed by atoms with E-state index in [2.05, 4.69) is 32.6 Å². The van der Waals surface area contributed by atoms with E-state index in [1.54, 1.807) is 0 Å². The quantitative estimate of drug-likeness (QED) is 0.766. The molecule has 96 valence electrons. The Bertz CT molecular complexity index is 218. The number of hydrogen-bond acceptors (Lipinski definition) is 3.